The van der Waals surface area contributed by atoms with Crippen molar-refractivity contribution < 1.29 is 49.5 Å². The second kappa shape index (κ2) is 10.5. The van der Waals surface area contributed by atoms with Crippen molar-refractivity contribution in [3.8, 4) is 0 Å². The van der Waals surface area contributed by atoms with Crippen molar-refractivity contribution in [1.82, 2.24) is 0 Å². The van der Waals surface area contributed by atoms with Gasteiger partial charge in [-0.2, -0.15) is 0 Å². The number of aliphatic hydroxyl groups excluding tert-OH is 3. The van der Waals surface area contributed by atoms with E-state index in [4.69, 9.17) is 0 Å². The summed E-state index contributed by atoms with van der Waals surface area (Å²) in [5.41, 5.74) is -2.29. The number of rotatable bonds is 13. The van der Waals surface area contributed by atoms with Gasteiger partial charge in [0, 0.05) is 12.8 Å². The molecule has 10 heteroatoms. The molecular formula is C20H38NO9+. The van der Waals surface area contributed by atoms with Gasteiger partial charge in [-0.05, 0) is 27.7 Å². The van der Waals surface area contributed by atoms with Gasteiger partial charge in [-0.1, -0.05) is 6.92 Å². The number of aliphatic hydroxyl groups is 3. The lowest BCUT2D eigenvalue weighted by Crippen LogP contribution is -2.77. The Morgan fingerprint density at radius 2 is 1.20 bits per heavy atom. The number of likely N-dealkylation sites (N-methyl/N-ethyl adjacent to an activating group) is 1. The van der Waals surface area contributed by atoms with E-state index in [0.29, 0.717) is 0 Å². The van der Waals surface area contributed by atoms with Crippen molar-refractivity contribution in [1.29, 1.82) is 0 Å². The lowest BCUT2D eigenvalue weighted by Gasteiger charge is -2.56. The molecule has 0 saturated carbocycles. The third kappa shape index (κ3) is 5.48. The fourth-order valence-corrected chi connectivity index (χ4v) is 4.97. The van der Waals surface area contributed by atoms with Crippen molar-refractivity contribution >= 4 is 17.9 Å². The van der Waals surface area contributed by atoms with E-state index in [9.17, 15) is 45.0 Å². The van der Waals surface area contributed by atoms with E-state index in [0.717, 1.165) is 0 Å². The predicted molar refractivity (Wildman–Crippen MR) is 108 cm³/mol. The smallest absolute Gasteiger partial charge is 0.367 e. The Bertz CT molecular complexity index is 607. The summed E-state index contributed by atoms with van der Waals surface area (Å²) in [4.78, 5) is 36.8. The van der Waals surface area contributed by atoms with Crippen LogP contribution in [0.3, 0.4) is 0 Å². The Morgan fingerprint density at radius 3 is 1.43 bits per heavy atom. The van der Waals surface area contributed by atoms with Crippen molar-refractivity contribution in [2.45, 2.75) is 77.4 Å². The molecule has 0 bridgehead atoms. The van der Waals surface area contributed by atoms with Gasteiger partial charge in [0.2, 0.25) is 5.54 Å². The summed E-state index contributed by atoms with van der Waals surface area (Å²) >= 11 is 0. The van der Waals surface area contributed by atoms with Crippen LogP contribution in [0.25, 0.3) is 0 Å². The van der Waals surface area contributed by atoms with E-state index in [1.807, 2.05) is 0 Å². The Balaban J connectivity index is 7.25. The zero-order valence-corrected chi connectivity index (χ0v) is 18.8. The highest BCUT2D eigenvalue weighted by Gasteiger charge is 2.68. The highest BCUT2D eigenvalue weighted by molar-refractivity contribution is 5.87. The SMILES string of the molecule is CC(O)CC(CC(C)O)[N+](C)(C)C(C(=O)O)(C(C)C(=O)O)C(C(C)O)C(C)C(=O)O. The number of aliphatic carboxylic acids is 3. The van der Waals surface area contributed by atoms with Crippen LogP contribution >= 0.6 is 0 Å². The summed E-state index contributed by atoms with van der Waals surface area (Å²) in [6, 6.07) is -0.745. The molecule has 0 aromatic rings. The molecule has 0 aliphatic carbocycles. The maximum atomic E-state index is 12.9. The molecule has 7 unspecified atom stereocenters. The summed E-state index contributed by atoms with van der Waals surface area (Å²) in [7, 11) is 2.90. The number of quaternary nitrogens is 1. The molecule has 0 spiro atoms. The summed E-state index contributed by atoms with van der Waals surface area (Å²) in [6.07, 6.45) is -3.18. The maximum absolute atomic E-state index is 12.9. The van der Waals surface area contributed by atoms with E-state index in [1.54, 1.807) is 0 Å². The first kappa shape index (κ1) is 28.2. The van der Waals surface area contributed by atoms with Gasteiger partial charge >= 0.3 is 17.9 Å². The fourth-order valence-electron chi connectivity index (χ4n) is 4.97. The number of carbonyl (C=O) groups is 3. The van der Waals surface area contributed by atoms with Crippen LogP contribution in [0.15, 0.2) is 0 Å². The van der Waals surface area contributed by atoms with E-state index < -0.39 is 70.0 Å². The van der Waals surface area contributed by atoms with Crippen molar-refractivity contribution in [2.75, 3.05) is 14.1 Å². The molecule has 7 atom stereocenters. The van der Waals surface area contributed by atoms with Crippen LogP contribution in [-0.4, -0.2) is 97.0 Å². The van der Waals surface area contributed by atoms with Crippen LogP contribution in [0.4, 0.5) is 0 Å². The van der Waals surface area contributed by atoms with Gasteiger partial charge in [-0.15, -0.1) is 0 Å². The van der Waals surface area contributed by atoms with Crippen LogP contribution in [-0.2, 0) is 14.4 Å². The molecule has 0 heterocycles. The Hall–Kier alpha value is -1.75. The summed E-state index contributed by atoms with van der Waals surface area (Å²) in [5, 5.41) is 60.4. The molecular weight excluding hydrogens is 398 g/mol. The Kier molecular flexibility index (Phi) is 9.91. The Morgan fingerprint density at radius 1 is 0.800 bits per heavy atom. The van der Waals surface area contributed by atoms with Gasteiger partial charge in [-0.25, -0.2) is 4.79 Å². The normalized spacial score (nSPS) is 21.4. The van der Waals surface area contributed by atoms with E-state index >= 15 is 0 Å². The molecule has 0 saturated heterocycles. The molecule has 10 nitrogen and oxygen atoms in total. The van der Waals surface area contributed by atoms with Gasteiger partial charge in [0.25, 0.3) is 0 Å². The van der Waals surface area contributed by atoms with Crippen LogP contribution in [0, 0.1) is 17.8 Å². The first-order valence-corrected chi connectivity index (χ1v) is 10.0. The quantitative estimate of drug-likeness (QED) is 0.221. The molecule has 0 radical (unpaired) electrons. The average Bonchev–Trinajstić information content (AvgIpc) is 2.55. The minimum atomic E-state index is -2.29. The van der Waals surface area contributed by atoms with Crippen molar-refractivity contribution in [2.24, 2.45) is 17.8 Å². The third-order valence-electron chi connectivity index (χ3n) is 6.42. The van der Waals surface area contributed by atoms with Crippen LogP contribution in [0.5, 0.6) is 0 Å². The van der Waals surface area contributed by atoms with Crippen LogP contribution in [0.1, 0.15) is 47.5 Å². The molecule has 30 heavy (non-hydrogen) atoms. The summed E-state index contributed by atoms with van der Waals surface area (Å²) in [5.74, 6) is -8.87. The zero-order chi connectivity index (χ0) is 24.2. The molecule has 176 valence electrons. The standard InChI is InChI=1S/C20H37NO9/c1-10(22)8-15(9-11(2)23)21(6,7)20(19(29)30,13(4)18(27)28)16(14(5)24)12(3)17(25)26/h10-16,22-24H,8-9H2,1-7H3,(H2-,25,26,27,28,29,30)/p+1. The zero-order valence-electron chi connectivity index (χ0n) is 18.8. The topological polar surface area (TPSA) is 173 Å². The average molecular weight is 437 g/mol. The number of hydrogen-bond acceptors (Lipinski definition) is 6. The minimum Gasteiger partial charge on any atom is -0.481 e. The lowest BCUT2D eigenvalue weighted by molar-refractivity contribution is -0.964. The molecule has 0 aliphatic heterocycles. The highest BCUT2D eigenvalue weighted by Crippen LogP contribution is 2.46. The molecule has 0 rings (SSSR count). The largest absolute Gasteiger partial charge is 0.481 e. The van der Waals surface area contributed by atoms with Crippen molar-refractivity contribution in [3.05, 3.63) is 0 Å². The summed E-state index contributed by atoms with van der Waals surface area (Å²) < 4.78 is -0.557. The molecule has 0 amide bonds. The van der Waals surface area contributed by atoms with Gasteiger partial charge in [0.1, 0.15) is 5.92 Å². The fraction of sp³-hybridized carbons (Fsp3) is 0.850. The Labute approximate surface area is 177 Å². The molecule has 0 aliphatic rings. The number of carboxylic acid groups (broad SMARTS) is 3. The van der Waals surface area contributed by atoms with E-state index in [-0.39, 0.29) is 12.8 Å². The molecule has 0 fully saturated rings. The number of carboxylic acids is 3. The predicted octanol–water partition coefficient (Wildman–Crippen LogP) is 0.235. The van der Waals surface area contributed by atoms with Crippen LogP contribution < -0.4 is 0 Å². The number of hydrogen-bond donors (Lipinski definition) is 6. The molecule has 0 aromatic heterocycles. The first-order chi connectivity index (χ1) is 13.5. The third-order valence-corrected chi connectivity index (χ3v) is 6.42. The van der Waals surface area contributed by atoms with Crippen LogP contribution in [0.2, 0.25) is 0 Å². The summed E-state index contributed by atoms with van der Waals surface area (Å²) in [6.45, 7) is 6.65. The molecule has 6 N–H and O–H groups in total. The number of nitrogens with zero attached hydrogens (tertiary/aromatic N) is 1. The van der Waals surface area contributed by atoms with Gasteiger partial charge in [0.15, 0.2) is 0 Å². The second-order valence-electron chi connectivity index (χ2n) is 8.95. The monoisotopic (exact) mass is 436 g/mol. The van der Waals surface area contributed by atoms with Gasteiger partial charge in [0.05, 0.1) is 50.3 Å². The molecule has 0 aromatic carbocycles. The second-order valence-corrected chi connectivity index (χ2v) is 8.95. The lowest BCUT2D eigenvalue weighted by atomic mass is 9.64. The van der Waals surface area contributed by atoms with Crippen molar-refractivity contribution in [3.63, 3.8) is 0 Å². The van der Waals surface area contributed by atoms with E-state index in [1.165, 1.54) is 48.7 Å². The van der Waals surface area contributed by atoms with E-state index in [2.05, 4.69) is 0 Å². The van der Waals surface area contributed by atoms with Gasteiger partial charge < -0.3 is 35.1 Å². The first-order valence-electron chi connectivity index (χ1n) is 10.0. The maximum Gasteiger partial charge on any atom is 0.367 e. The van der Waals surface area contributed by atoms with Gasteiger partial charge in [-0.3, -0.25) is 9.59 Å². The minimum absolute atomic E-state index is 0.0350. The highest BCUT2D eigenvalue weighted by atomic mass is 16.4.